The molecule has 0 bridgehead atoms. The summed E-state index contributed by atoms with van der Waals surface area (Å²) in [4.78, 5) is 11.6. The summed E-state index contributed by atoms with van der Waals surface area (Å²) in [5, 5.41) is 13.7. The van der Waals surface area contributed by atoms with E-state index < -0.39 is 0 Å². The van der Waals surface area contributed by atoms with Crippen molar-refractivity contribution in [2.24, 2.45) is 15.9 Å². The van der Waals surface area contributed by atoms with Gasteiger partial charge in [-0.25, -0.2) is 9.98 Å². The number of aromatic nitrogens is 1. The molecule has 0 saturated carbocycles. The number of fused-ring (bicyclic) bond motifs is 13. The molecule has 1 unspecified atom stereocenters. The van der Waals surface area contributed by atoms with Gasteiger partial charge in [0.15, 0.2) is 5.84 Å². The van der Waals surface area contributed by atoms with E-state index in [1.165, 1.54) is 32.3 Å². The second-order valence-corrected chi connectivity index (χ2v) is 17.6. The first-order chi connectivity index (χ1) is 32.6. The van der Waals surface area contributed by atoms with E-state index in [0.717, 1.165) is 99.5 Å². The van der Waals surface area contributed by atoms with Crippen LogP contribution in [0.1, 0.15) is 30.0 Å². The van der Waals surface area contributed by atoms with Gasteiger partial charge in [0.05, 0.1) is 33.7 Å². The lowest BCUT2D eigenvalue weighted by Crippen LogP contribution is -2.17. The molecule has 0 N–H and O–H groups in total. The van der Waals surface area contributed by atoms with Crippen LogP contribution >= 0.6 is 0 Å². The molecule has 0 radical (unpaired) electrons. The van der Waals surface area contributed by atoms with Gasteiger partial charge < -0.3 is 13.4 Å². The second-order valence-electron chi connectivity index (χ2n) is 17.6. The van der Waals surface area contributed by atoms with Crippen molar-refractivity contribution >= 4 is 115 Å². The summed E-state index contributed by atoms with van der Waals surface area (Å²) in [5.41, 5.74) is 11.3. The van der Waals surface area contributed by atoms with Crippen molar-refractivity contribution in [3.05, 3.63) is 217 Å². The smallest absolute Gasteiger partial charge is 0.160 e. The van der Waals surface area contributed by atoms with Crippen LogP contribution in [0.4, 0.5) is 0 Å². The van der Waals surface area contributed by atoms with Crippen LogP contribution in [-0.4, -0.2) is 16.1 Å². The molecule has 0 amide bonds. The highest BCUT2D eigenvalue weighted by molar-refractivity contribution is 6.26. The summed E-state index contributed by atoms with van der Waals surface area (Å²) in [6.07, 6.45) is 3.01. The average Bonchev–Trinajstić information content (AvgIpc) is 4.04. The van der Waals surface area contributed by atoms with E-state index in [0.29, 0.717) is 12.3 Å². The van der Waals surface area contributed by atoms with Gasteiger partial charge >= 0.3 is 0 Å². The SMILES string of the molecule is CC1C/C=C(c2c(-n3c4cc5ccccc5cc4c4c5ccccc5ccc43)ccc3c2oc2ccccc23)/N=C(c2cccc3ccccc23)\N=C/1c1cccc2oc3ccccc3c12. The minimum absolute atomic E-state index is 0.00373. The molecular weight excluding hydrogens is 807 g/mol. The Morgan fingerprint density at radius 1 is 0.455 bits per heavy atom. The van der Waals surface area contributed by atoms with Crippen molar-refractivity contribution in [3.63, 3.8) is 0 Å². The number of amidine groups is 1. The fourth-order valence-corrected chi connectivity index (χ4v) is 10.8. The third kappa shape index (κ3) is 5.47. The molecule has 3 aromatic heterocycles. The highest BCUT2D eigenvalue weighted by atomic mass is 16.3. The van der Waals surface area contributed by atoms with Crippen LogP contribution in [0.2, 0.25) is 0 Å². The van der Waals surface area contributed by atoms with Crippen LogP contribution in [0.3, 0.4) is 0 Å². The van der Waals surface area contributed by atoms with Crippen molar-refractivity contribution in [1.82, 2.24) is 4.57 Å². The van der Waals surface area contributed by atoms with E-state index in [2.05, 4.69) is 193 Å². The number of hydrogen-bond acceptors (Lipinski definition) is 4. The van der Waals surface area contributed by atoms with E-state index in [4.69, 9.17) is 18.8 Å². The minimum atomic E-state index is 0.00373. The van der Waals surface area contributed by atoms with E-state index in [1.54, 1.807) is 0 Å². The fraction of sp³-hybridized carbons (Fsp3) is 0.0492. The normalized spacial score (nSPS) is 17.2. The summed E-state index contributed by atoms with van der Waals surface area (Å²) in [6, 6.07) is 69.1. The Kier molecular flexibility index (Phi) is 7.96. The van der Waals surface area contributed by atoms with Crippen LogP contribution in [0.5, 0.6) is 0 Å². The van der Waals surface area contributed by atoms with Gasteiger partial charge in [0.25, 0.3) is 0 Å². The van der Waals surface area contributed by atoms with Gasteiger partial charge in [-0.3, -0.25) is 0 Å². The zero-order chi connectivity index (χ0) is 43.5. The number of allylic oxidation sites excluding steroid dienone is 1. The van der Waals surface area contributed by atoms with Gasteiger partial charge in [0, 0.05) is 49.4 Å². The molecule has 10 aromatic carbocycles. The van der Waals surface area contributed by atoms with Crippen molar-refractivity contribution < 1.29 is 8.83 Å². The second kappa shape index (κ2) is 14.2. The van der Waals surface area contributed by atoms with Crippen molar-refractivity contribution in [2.75, 3.05) is 0 Å². The van der Waals surface area contributed by atoms with Crippen molar-refractivity contribution in [2.45, 2.75) is 13.3 Å². The molecule has 0 aliphatic carbocycles. The molecule has 66 heavy (non-hydrogen) atoms. The van der Waals surface area contributed by atoms with Gasteiger partial charge in [-0.15, -0.1) is 0 Å². The Morgan fingerprint density at radius 2 is 1.09 bits per heavy atom. The number of nitrogens with zero attached hydrogens (tertiary/aromatic N) is 3. The summed E-state index contributed by atoms with van der Waals surface area (Å²) < 4.78 is 15.9. The fourth-order valence-electron chi connectivity index (χ4n) is 10.8. The van der Waals surface area contributed by atoms with Crippen LogP contribution in [0.15, 0.2) is 219 Å². The highest BCUT2D eigenvalue weighted by Crippen LogP contribution is 2.45. The first kappa shape index (κ1) is 36.9. The largest absolute Gasteiger partial charge is 0.456 e. The standard InChI is InChI=1S/C61H39N3O2/c1-36-28-31-49(62-61(45-23-12-18-37-14-4-6-19-41(37)45)63-59(36)47-24-13-27-55-57(47)46-22-9-11-26-54(46)65-55)58-51(33-30-44-43-21-8-10-25-53(43)66-60(44)58)64-50-32-29-38-15-5-7-20-42(38)56(50)48-34-39-16-2-3-17-40(39)35-52(48)64/h2-27,29-36H,28H2,1H3/b49-31+,62-61-,63-59+. The predicted octanol–water partition coefficient (Wildman–Crippen LogP) is 16.4. The summed E-state index contributed by atoms with van der Waals surface area (Å²) in [5.74, 6) is 0.645. The maximum absolute atomic E-state index is 7.05. The number of para-hydroxylation sites is 2. The van der Waals surface area contributed by atoms with Crippen LogP contribution in [0, 0.1) is 5.92 Å². The molecule has 1 aliphatic heterocycles. The highest BCUT2D eigenvalue weighted by Gasteiger charge is 2.27. The Bertz CT molecular complexity index is 4280. The summed E-state index contributed by atoms with van der Waals surface area (Å²) >= 11 is 0. The first-order valence-corrected chi connectivity index (χ1v) is 22.7. The number of aliphatic imine (C=N–C) groups is 2. The molecule has 1 atom stereocenters. The average molecular weight is 846 g/mol. The van der Waals surface area contributed by atoms with Gasteiger partial charge in [0.1, 0.15) is 22.3 Å². The van der Waals surface area contributed by atoms with E-state index in [9.17, 15) is 0 Å². The van der Waals surface area contributed by atoms with Gasteiger partial charge in [0.2, 0.25) is 0 Å². The van der Waals surface area contributed by atoms with Gasteiger partial charge in [-0.1, -0.05) is 159 Å². The molecule has 13 aromatic rings. The third-order valence-electron chi connectivity index (χ3n) is 13.8. The monoisotopic (exact) mass is 845 g/mol. The van der Waals surface area contributed by atoms with Gasteiger partial charge in [-0.2, -0.15) is 0 Å². The topological polar surface area (TPSA) is 55.9 Å². The summed E-state index contributed by atoms with van der Waals surface area (Å²) in [7, 11) is 0. The van der Waals surface area contributed by atoms with Crippen LogP contribution in [0.25, 0.3) is 109 Å². The lowest BCUT2D eigenvalue weighted by molar-refractivity contribution is 0.667. The van der Waals surface area contributed by atoms with E-state index in [1.807, 2.05) is 18.2 Å². The molecule has 14 rings (SSSR count). The lowest BCUT2D eigenvalue weighted by atomic mass is 9.90. The summed E-state index contributed by atoms with van der Waals surface area (Å²) in [6.45, 7) is 2.28. The molecule has 5 nitrogen and oxygen atoms in total. The molecule has 4 heterocycles. The lowest BCUT2D eigenvalue weighted by Gasteiger charge is -2.21. The number of rotatable bonds is 4. The Balaban J connectivity index is 1.11. The molecule has 0 fully saturated rings. The van der Waals surface area contributed by atoms with Crippen molar-refractivity contribution in [3.8, 4) is 5.69 Å². The number of benzene rings is 10. The quantitative estimate of drug-likeness (QED) is 0.177. The Hall–Kier alpha value is -8.54. The van der Waals surface area contributed by atoms with Gasteiger partial charge in [-0.05, 0) is 87.3 Å². The molecule has 0 saturated heterocycles. The molecular formula is C61H39N3O2. The first-order valence-electron chi connectivity index (χ1n) is 22.7. The molecule has 1 aliphatic rings. The third-order valence-corrected chi connectivity index (χ3v) is 13.8. The van der Waals surface area contributed by atoms with Crippen molar-refractivity contribution in [1.29, 1.82) is 0 Å². The minimum Gasteiger partial charge on any atom is -0.456 e. The zero-order valence-corrected chi connectivity index (χ0v) is 36.0. The molecule has 310 valence electrons. The maximum Gasteiger partial charge on any atom is 0.160 e. The van der Waals surface area contributed by atoms with Crippen LogP contribution < -0.4 is 0 Å². The molecule has 5 heteroatoms. The predicted molar refractivity (Wildman–Crippen MR) is 276 cm³/mol. The Labute approximate surface area is 378 Å². The Morgan fingerprint density at radius 3 is 1.92 bits per heavy atom. The number of furan rings is 2. The number of hydrogen-bond donors (Lipinski definition) is 0. The van der Waals surface area contributed by atoms with E-state index >= 15 is 0 Å². The van der Waals surface area contributed by atoms with Crippen LogP contribution in [-0.2, 0) is 0 Å². The maximum atomic E-state index is 7.05. The molecule has 0 spiro atoms. The van der Waals surface area contributed by atoms with E-state index in [-0.39, 0.29) is 5.92 Å². The zero-order valence-electron chi connectivity index (χ0n) is 36.0.